The van der Waals surface area contributed by atoms with Crippen LogP contribution in [-0.4, -0.2) is 18.0 Å². The maximum absolute atomic E-state index is 13.0. The Kier molecular flexibility index (Phi) is 5.96. The smallest absolute Gasteiger partial charge is 0.336 e. The van der Waals surface area contributed by atoms with Gasteiger partial charge in [-0.1, -0.05) is 35.3 Å². The van der Waals surface area contributed by atoms with Gasteiger partial charge in [-0.3, -0.25) is 0 Å². The first kappa shape index (κ1) is 21.6. The lowest BCUT2D eigenvalue weighted by Crippen LogP contribution is -2.31. The maximum Gasteiger partial charge on any atom is 0.416 e. The van der Waals surface area contributed by atoms with Gasteiger partial charge in [0.1, 0.15) is 16.8 Å². The van der Waals surface area contributed by atoms with Crippen LogP contribution in [0.15, 0.2) is 59.8 Å². The van der Waals surface area contributed by atoms with Crippen LogP contribution in [0.25, 0.3) is 0 Å². The molecule has 3 aromatic rings. The average molecular weight is 464 g/mol. The van der Waals surface area contributed by atoms with E-state index in [4.69, 9.17) is 23.2 Å². The SMILES string of the molecule is Cn1ccnc1C(NS(=O)(=O)c1cc(C(F)(F)F)ccc1Cl)c1ccc(Cl)cc1. The predicted octanol–water partition coefficient (Wildman–Crippen LogP) is 4.81. The van der Waals surface area contributed by atoms with Crippen molar-refractivity contribution in [2.45, 2.75) is 17.1 Å². The number of sulfonamides is 1. The van der Waals surface area contributed by atoms with Crippen LogP contribution in [0.2, 0.25) is 10.0 Å². The lowest BCUT2D eigenvalue weighted by molar-refractivity contribution is -0.137. The van der Waals surface area contributed by atoms with Gasteiger partial charge in [-0.05, 0) is 35.9 Å². The number of aryl methyl sites for hydroxylation is 1. The van der Waals surface area contributed by atoms with Gasteiger partial charge < -0.3 is 4.57 Å². The molecule has 0 amide bonds. The highest BCUT2D eigenvalue weighted by atomic mass is 35.5. The topological polar surface area (TPSA) is 64.0 Å². The van der Waals surface area contributed by atoms with E-state index in [2.05, 4.69) is 9.71 Å². The number of hydrogen-bond donors (Lipinski definition) is 1. The summed E-state index contributed by atoms with van der Waals surface area (Å²) in [6, 6.07) is 7.46. The molecule has 0 fully saturated rings. The Balaban J connectivity index is 2.08. The second-order valence-corrected chi connectivity index (χ2v) is 8.67. The molecule has 0 radical (unpaired) electrons. The normalized spacial score (nSPS) is 13.4. The molecule has 1 aromatic heterocycles. The van der Waals surface area contributed by atoms with Crippen LogP contribution in [0.5, 0.6) is 0 Å². The minimum absolute atomic E-state index is 0.332. The molecule has 11 heteroatoms. The molecule has 0 saturated carbocycles. The predicted molar refractivity (Wildman–Crippen MR) is 103 cm³/mol. The highest BCUT2D eigenvalue weighted by molar-refractivity contribution is 7.89. The zero-order valence-electron chi connectivity index (χ0n) is 14.8. The first-order valence-electron chi connectivity index (χ1n) is 8.11. The van der Waals surface area contributed by atoms with Gasteiger partial charge in [0, 0.05) is 24.5 Å². The number of imidazole rings is 1. The van der Waals surface area contributed by atoms with E-state index in [9.17, 15) is 21.6 Å². The Morgan fingerprint density at radius 2 is 1.76 bits per heavy atom. The summed E-state index contributed by atoms with van der Waals surface area (Å²) in [5, 5.41) is 0.108. The molecular weight excluding hydrogens is 450 g/mol. The molecule has 0 bridgehead atoms. The van der Waals surface area contributed by atoms with Gasteiger partial charge in [0.2, 0.25) is 10.0 Å². The fraction of sp³-hybridized carbons (Fsp3) is 0.167. The molecule has 5 nitrogen and oxygen atoms in total. The Morgan fingerprint density at radius 3 is 2.31 bits per heavy atom. The minimum Gasteiger partial charge on any atom is -0.336 e. The molecule has 1 N–H and O–H groups in total. The summed E-state index contributed by atoms with van der Waals surface area (Å²) in [6.07, 6.45) is -1.63. The molecule has 0 saturated heterocycles. The molecule has 1 unspecified atom stereocenters. The second-order valence-electron chi connectivity index (χ2n) is 6.15. The Labute approximate surface area is 175 Å². The molecule has 1 atom stereocenters. The zero-order valence-corrected chi connectivity index (χ0v) is 17.1. The van der Waals surface area contributed by atoms with Crippen LogP contribution in [0.3, 0.4) is 0 Å². The highest BCUT2D eigenvalue weighted by Crippen LogP contribution is 2.34. The molecule has 3 rings (SSSR count). The van der Waals surface area contributed by atoms with Gasteiger partial charge in [0.15, 0.2) is 0 Å². The third kappa shape index (κ3) is 4.75. The molecule has 154 valence electrons. The first-order chi connectivity index (χ1) is 13.5. The standard InChI is InChI=1S/C18H14Cl2F3N3O2S/c1-26-9-8-24-17(26)16(11-2-5-13(19)6-3-11)25-29(27,28)15-10-12(18(21,22)23)4-7-14(15)20/h2-10,16,25H,1H3. The summed E-state index contributed by atoms with van der Waals surface area (Å²) < 4.78 is 69.1. The number of nitrogens with one attached hydrogen (secondary N) is 1. The van der Waals surface area contributed by atoms with Gasteiger partial charge >= 0.3 is 6.18 Å². The monoisotopic (exact) mass is 463 g/mol. The fourth-order valence-electron chi connectivity index (χ4n) is 2.68. The Morgan fingerprint density at radius 1 is 1.10 bits per heavy atom. The number of nitrogens with zero attached hydrogens (tertiary/aromatic N) is 2. The van der Waals surface area contributed by atoms with E-state index in [-0.39, 0.29) is 5.02 Å². The molecule has 1 heterocycles. The van der Waals surface area contributed by atoms with E-state index in [0.29, 0.717) is 22.5 Å². The fourth-order valence-corrected chi connectivity index (χ4v) is 4.52. The number of aromatic nitrogens is 2. The van der Waals surface area contributed by atoms with E-state index < -0.39 is 32.7 Å². The van der Waals surface area contributed by atoms with Crippen molar-refractivity contribution in [1.29, 1.82) is 0 Å². The molecule has 0 spiro atoms. The van der Waals surface area contributed by atoms with Crippen LogP contribution in [0, 0.1) is 0 Å². The molecule has 0 aliphatic heterocycles. The number of alkyl halides is 3. The average Bonchev–Trinajstić information content (AvgIpc) is 3.05. The molecule has 2 aromatic carbocycles. The van der Waals surface area contributed by atoms with Crippen molar-refractivity contribution in [1.82, 2.24) is 14.3 Å². The van der Waals surface area contributed by atoms with Crippen molar-refractivity contribution in [3.05, 3.63) is 81.9 Å². The summed E-state index contributed by atoms with van der Waals surface area (Å²) in [7, 11) is -2.78. The van der Waals surface area contributed by atoms with E-state index in [1.807, 2.05) is 0 Å². The van der Waals surface area contributed by atoms with Crippen molar-refractivity contribution >= 4 is 33.2 Å². The van der Waals surface area contributed by atoms with Crippen molar-refractivity contribution in [2.75, 3.05) is 0 Å². The van der Waals surface area contributed by atoms with Gasteiger partial charge in [-0.2, -0.15) is 17.9 Å². The largest absolute Gasteiger partial charge is 0.416 e. The van der Waals surface area contributed by atoms with E-state index in [0.717, 1.165) is 12.1 Å². The van der Waals surface area contributed by atoms with Crippen molar-refractivity contribution in [3.63, 3.8) is 0 Å². The van der Waals surface area contributed by atoms with Crippen LogP contribution in [-0.2, 0) is 23.2 Å². The molecule has 0 aliphatic rings. The number of rotatable bonds is 5. The van der Waals surface area contributed by atoms with Crippen molar-refractivity contribution < 1.29 is 21.6 Å². The van der Waals surface area contributed by atoms with Crippen molar-refractivity contribution in [3.8, 4) is 0 Å². The van der Waals surface area contributed by atoms with Gasteiger partial charge in [-0.15, -0.1) is 0 Å². The van der Waals surface area contributed by atoms with E-state index >= 15 is 0 Å². The Bertz CT molecular complexity index is 1130. The summed E-state index contributed by atoms with van der Waals surface area (Å²) in [5.74, 6) is 0.332. The maximum atomic E-state index is 13.0. The first-order valence-corrected chi connectivity index (χ1v) is 10.3. The molecule has 29 heavy (non-hydrogen) atoms. The van der Waals surface area contributed by atoms with Crippen LogP contribution < -0.4 is 4.72 Å². The van der Waals surface area contributed by atoms with E-state index in [1.165, 1.54) is 6.20 Å². The summed E-state index contributed by atoms with van der Waals surface area (Å²) in [5.41, 5.74) is -0.627. The zero-order chi connectivity index (χ0) is 21.4. The van der Waals surface area contributed by atoms with E-state index in [1.54, 1.807) is 42.1 Å². The summed E-state index contributed by atoms with van der Waals surface area (Å²) in [4.78, 5) is 3.48. The Hall–Kier alpha value is -2.07. The highest BCUT2D eigenvalue weighted by Gasteiger charge is 2.34. The summed E-state index contributed by atoms with van der Waals surface area (Å²) in [6.45, 7) is 0. The van der Waals surface area contributed by atoms with Crippen LogP contribution in [0.4, 0.5) is 13.2 Å². The molecular formula is C18H14Cl2F3N3O2S. The van der Waals surface area contributed by atoms with Crippen LogP contribution in [0.1, 0.15) is 23.0 Å². The number of halogens is 5. The van der Waals surface area contributed by atoms with Gasteiger partial charge in [0.25, 0.3) is 0 Å². The number of hydrogen-bond acceptors (Lipinski definition) is 3. The summed E-state index contributed by atoms with van der Waals surface area (Å²) >= 11 is 11.8. The third-order valence-corrected chi connectivity index (χ3v) is 6.30. The molecule has 0 aliphatic carbocycles. The van der Waals surface area contributed by atoms with Crippen molar-refractivity contribution in [2.24, 2.45) is 7.05 Å². The lowest BCUT2D eigenvalue weighted by Gasteiger charge is -2.20. The second kappa shape index (κ2) is 7.98. The van der Waals surface area contributed by atoms with Gasteiger partial charge in [-0.25, -0.2) is 13.4 Å². The quantitative estimate of drug-likeness (QED) is 0.590. The number of benzene rings is 2. The lowest BCUT2D eigenvalue weighted by atomic mass is 10.1. The third-order valence-electron chi connectivity index (χ3n) is 4.14. The van der Waals surface area contributed by atoms with Crippen LogP contribution >= 0.6 is 23.2 Å². The van der Waals surface area contributed by atoms with Gasteiger partial charge in [0.05, 0.1) is 10.6 Å². The minimum atomic E-state index is -4.72.